The molecule has 2 heterocycles. The normalized spacial score (nSPS) is 14.6. The molecule has 0 aliphatic carbocycles. The van der Waals surface area contributed by atoms with Crippen molar-refractivity contribution in [1.82, 2.24) is 14.8 Å². The maximum Gasteiger partial charge on any atom is 0.255 e. The highest BCUT2D eigenvalue weighted by Gasteiger charge is 2.33. The molecule has 1 aromatic heterocycles. The number of nitrogens with one attached hydrogen (secondary N) is 2. The second-order valence-corrected chi connectivity index (χ2v) is 8.53. The summed E-state index contributed by atoms with van der Waals surface area (Å²) in [6.45, 7) is 4.42. The summed E-state index contributed by atoms with van der Waals surface area (Å²) in [5, 5.41) is 10.6. The van der Waals surface area contributed by atoms with Crippen LogP contribution in [0.1, 0.15) is 29.7 Å². The fourth-order valence-electron chi connectivity index (χ4n) is 4.31. The summed E-state index contributed by atoms with van der Waals surface area (Å²) in [6, 6.07) is 22.7. The maximum atomic E-state index is 13.6. The number of allylic oxidation sites excluding steroid dienone is 1. The molecular weight excluding hydrogens is 454 g/mol. The average molecular weight is 482 g/mol. The molecule has 0 radical (unpaired) electrons. The van der Waals surface area contributed by atoms with Crippen LogP contribution < -0.4 is 20.1 Å². The van der Waals surface area contributed by atoms with E-state index in [0.29, 0.717) is 35.3 Å². The molecule has 5 rings (SSSR count). The number of nitrogens with zero attached hydrogens (tertiary/aromatic N) is 3. The summed E-state index contributed by atoms with van der Waals surface area (Å²) in [7, 11) is 1.57. The molecule has 1 atom stereocenters. The summed E-state index contributed by atoms with van der Waals surface area (Å²) in [4.78, 5) is 17.9. The van der Waals surface area contributed by atoms with Crippen molar-refractivity contribution >= 4 is 17.5 Å². The molecule has 8 nitrogen and oxygen atoms in total. The van der Waals surface area contributed by atoms with Gasteiger partial charge in [-0.3, -0.25) is 4.79 Å². The molecule has 0 saturated heterocycles. The van der Waals surface area contributed by atoms with Crippen molar-refractivity contribution in [2.75, 3.05) is 17.7 Å². The number of ether oxygens (including phenoxy) is 2. The third-order valence-electron chi connectivity index (χ3n) is 6.25. The molecule has 0 saturated carbocycles. The first-order chi connectivity index (χ1) is 17.5. The first-order valence-corrected chi connectivity index (χ1v) is 11.6. The number of carbonyl (C=O) groups excluding carboxylic acids is 1. The van der Waals surface area contributed by atoms with Gasteiger partial charge in [-0.25, -0.2) is 4.68 Å². The number of hydrogen-bond donors (Lipinski definition) is 2. The summed E-state index contributed by atoms with van der Waals surface area (Å²) >= 11 is 0. The number of anilines is 2. The van der Waals surface area contributed by atoms with E-state index in [4.69, 9.17) is 9.47 Å². The zero-order valence-electron chi connectivity index (χ0n) is 20.4. The number of aromatic nitrogens is 3. The van der Waals surface area contributed by atoms with Crippen LogP contribution in [0.2, 0.25) is 0 Å². The lowest BCUT2D eigenvalue weighted by molar-refractivity contribution is -0.113. The van der Waals surface area contributed by atoms with E-state index >= 15 is 0 Å². The number of amides is 1. The minimum Gasteiger partial charge on any atom is -0.495 e. The highest BCUT2D eigenvalue weighted by atomic mass is 16.5. The minimum absolute atomic E-state index is 0.254. The first-order valence-electron chi connectivity index (χ1n) is 11.6. The lowest BCUT2D eigenvalue weighted by atomic mass is 9.95. The Labute approximate surface area is 209 Å². The number of carbonyl (C=O) groups is 1. The van der Waals surface area contributed by atoms with Crippen molar-refractivity contribution in [2.24, 2.45) is 0 Å². The van der Waals surface area contributed by atoms with Gasteiger partial charge in [0.1, 0.15) is 30.5 Å². The topological polar surface area (TPSA) is 90.3 Å². The SMILES string of the molecule is COc1ccccc1NC(=O)C1=C(C)Nc2ncnn2[C@@H]1c1ccc(OCc2ccccc2C)cc1. The van der Waals surface area contributed by atoms with Gasteiger partial charge in [0, 0.05) is 5.70 Å². The smallest absolute Gasteiger partial charge is 0.255 e. The van der Waals surface area contributed by atoms with E-state index in [0.717, 1.165) is 16.9 Å². The number of rotatable bonds is 7. The van der Waals surface area contributed by atoms with E-state index in [1.54, 1.807) is 23.9 Å². The number of methoxy groups -OCH3 is 1. The molecule has 182 valence electrons. The van der Waals surface area contributed by atoms with E-state index in [1.807, 2.05) is 55.5 Å². The van der Waals surface area contributed by atoms with Crippen molar-refractivity contribution in [2.45, 2.75) is 26.5 Å². The fourth-order valence-corrected chi connectivity index (χ4v) is 4.31. The Morgan fingerprint density at radius 1 is 1.03 bits per heavy atom. The Balaban J connectivity index is 1.42. The predicted octanol–water partition coefficient (Wildman–Crippen LogP) is 5.10. The molecule has 3 aromatic carbocycles. The summed E-state index contributed by atoms with van der Waals surface area (Å²) in [5.41, 5.74) is 5.04. The third kappa shape index (κ3) is 4.53. The van der Waals surface area contributed by atoms with Gasteiger partial charge in [0.15, 0.2) is 0 Å². The predicted molar refractivity (Wildman–Crippen MR) is 138 cm³/mol. The number of aryl methyl sites for hydroxylation is 1. The van der Waals surface area contributed by atoms with Crippen LogP contribution in [0, 0.1) is 6.92 Å². The average Bonchev–Trinajstić information content (AvgIpc) is 3.36. The summed E-state index contributed by atoms with van der Waals surface area (Å²) in [6.07, 6.45) is 1.48. The molecule has 4 aromatic rings. The highest BCUT2D eigenvalue weighted by Crippen LogP contribution is 2.36. The van der Waals surface area contributed by atoms with Crippen LogP contribution in [0.25, 0.3) is 0 Å². The van der Waals surface area contributed by atoms with Crippen molar-refractivity contribution in [3.8, 4) is 11.5 Å². The molecule has 36 heavy (non-hydrogen) atoms. The Hall–Kier alpha value is -4.59. The van der Waals surface area contributed by atoms with Crippen LogP contribution in [0.3, 0.4) is 0 Å². The minimum atomic E-state index is -0.469. The maximum absolute atomic E-state index is 13.6. The van der Waals surface area contributed by atoms with Gasteiger partial charge in [-0.15, -0.1) is 0 Å². The van der Waals surface area contributed by atoms with Crippen molar-refractivity contribution < 1.29 is 14.3 Å². The van der Waals surface area contributed by atoms with Crippen molar-refractivity contribution in [3.05, 3.63) is 107 Å². The van der Waals surface area contributed by atoms with Gasteiger partial charge in [0.05, 0.1) is 18.4 Å². The molecule has 2 N–H and O–H groups in total. The Kier molecular flexibility index (Phi) is 6.40. The van der Waals surface area contributed by atoms with Gasteiger partial charge in [-0.2, -0.15) is 10.1 Å². The van der Waals surface area contributed by atoms with Crippen LogP contribution in [0.5, 0.6) is 11.5 Å². The van der Waals surface area contributed by atoms with E-state index in [9.17, 15) is 4.79 Å². The monoisotopic (exact) mass is 481 g/mol. The molecule has 1 amide bonds. The van der Waals surface area contributed by atoms with Crippen LogP contribution in [0.4, 0.5) is 11.6 Å². The number of para-hydroxylation sites is 2. The van der Waals surface area contributed by atoms with Crippen molar-refractivity contribution in [1.29, 1.82) is 0 Å². The quantitative estimate of drug-likeness (QED) is 0.382. The van der Waals surface area contributed by atoms with E-state index in [1.165, 1.54) is 11.9 Å². The lowest BCUT2D eigenvalue weighted by Gasteiger charge is -2.29. The second kappa shape index (κ2) is 9.95. The van der Waals surface area contributed by atoms with E-state index in [2.05, 4.69) is 39.8 Å². The number of hydrogen-bond acceptors (Lipinski definition) is 6. The Morgan fingerprint density at radius 3 is 2.56 bits per heavy atom. The van der Waals surface area contributed by atoms with Crippen LogP contribution in [-0.2, 0) is 11.4 Å². The van der Waals surface area contributed by atoms with Gasteiger partial charge in [0.2, 0.25) is 5.95 Å². The largest absolute Gasteiger partial charge is 0.495 e. The van der Waals surface area contributed by atoms with Gasteiger partial charge in [0.25, 0.3) is 5.91 Å². The van der Waals surface area contributed by atoms with Gasteiger partial charge in [-0.05, 0) is 54.8 Å². The number of fused-ring (bicyclic) bond motifs is 1. The molecule has 0 spiro atoms. The van der Waals surface area contributed by atoms with Crippen LogP contribution in [-0.4, -0.2) is 27.8 Å². The van der Waals surface area contributed by atoms with Crippen LogP contribution in [0.15, 0.2) is 90.4 Å². The van der Waals surface area contributed by atoms with E-state index in [-0.39, 0.29) is 5.91 Å². The summed E-state index contributed by atoms with van der Waals surface area (Å²) in [5.74, 6) is 1.65. The van der Waals surface area contributed by atoms with E-state index < -0.39 is 6.04 Å². The van der Waals surface area contributed by atoms with Crippen LogP contribution >= 0.6 is 0 Å². The molecule has 0 unspecified atom stereocenters. The molecule has 1 aliphatic heterocycles. The molecule has 8 heteroatoms. The summed E-state index contributed by atoms with van der Waals surface area (Å²) < 4.78 is 13.1. The molecule has 1 aliphatic rings. The Bertz CT molecular complexity index is 1430. The zero-order chi connectivity index (χ0) is 25.1. The standard InChI is InChI=1S/C28H27N5O3/c1-18-8-4-5-9-21(18)16-36-22-14-12-20(13-15-22)26-25(19(2)31-28-29-17-30-33(26)28)27(34)32-23-10-6-7-11-24(23)35-3/h4-15,17,26H,16H2,1-3H3,(H,32,34)(H,29,30,31)/t26-/m1/s1. The lowest BCUT2D eigenvalue weighted by Crippen LogP contribution is -2.31. The number of benzene rings is 3. The third-order valence-corrected chi connectivity index (χ3v) is 6.25. The molecule has 0 fully saturated rings. The van der Waals surface area contributed by atoms with Gasteiger partial charge in [-0.1, -0.05) is 48.5 Å². The highest BCUT2D eigenvalue weighted by molar-refractivity contribution is 6.06. The van der Waals surface area contributed by atoms with Gasteiger partial charge < -0.3 is 20.1 Å². The Morgan fingerprint density at radius 2 is 1.78 bits per heavy atom. The molecule has 0 bridgehead atoms. The van der Waals surface area contributed by atoms with Crippen molar-refractivity contribution in [3.63, 3.8) is 0 Å². The second-order valence-electron chi connectivity index (χ2n) is 8.53. The van der Waals surface area contributed by atoms with Gasteiger partial charge >= 0.3 is 0 Å². The zero-order valence-corrected chi connectivity index (χ0v) is 20.4. The molecular formula is C28H27N5O3. The fraction of sp³-hybridized carbons (Fsp3) is 0.179. The first kappa shape index (κ1) is 23.2.